The molecule has 2 aliphatic heterocycles. The molecule has 0 atom stereocenters. The zero-order valence-electron chi connectivity index (χ0n) is 19.7. The fourth-order valence-electron chi connectivity index (χ4n) is 5.09. The van der Waals surface area contributed by atoms with Crippen molar-refractivity contribution < 1.29 is 14.3 Å². The summed E-state index contributed by atoms with van der Waals surface area (Å²) in [4.78, 5) is 23.6. The Kier molecular flexibility index (Phi) is 4.71. The van der Waals surface area contributed by atoms with Gasteiger partial charge in [0.25, 0.3) is 5.91 Å². The van der Waals surface area contributed by atoms with Crippen LogP contribution in [0, 0.1) is 11.7 Å². The highest BCUT2D eigenvalue weighted by atomic mass is 19.1. The fraction of sp³-hybridized carbons (Fsp3) is 0.179. The summed E-state index contributed by atoms with van der Waals surface area (Å²) in [5, 5.41) is 16.8. The molecule has 1 saturated carbocycles. The van der Waals surface area contributed by atoms with E-state index in [1.807, 2.05) is 58.1 Å². The first-order chi connectivity index (χ1) is 18.0. The summed E-state index contributed by atoms with van der Waals surface area (Å²) in [6, 6.07) is 10.3. The minimum atomic E-state index is -0.849. The summed E-state index contributed by atoms with van der Waals surface area (Å²) in [6.07, 6.45) is 14.6. The van der Waals surface area contributed by atoms with Crippen LogP contribution < -0.4 is 15.5 Å². The maximum Gasteiger partial charge on any atom is 0.254 e. The number of hydrogen-bond acceptors (Lipinski definition) is 6. The third-order valence-corrected chi connectivity index (χ3v) is 7.26. The molecule has 1 aliphatic carbocycles. The van der Waals surface area contributed by atoms with Gasteiger partial charge in [-0.25, -0.2) is 14.4 Å². The van der Waals surface area contributed by atoms with E-state index in [1.54, 1.807) is 18.6 Å². The number of rotatable bonds is 5. The summed E-state index contributed by atoms with van der Waals surface area (Å²) >= 11 is 0. The van der Waals surface area contributed by atoms with Crippen LogP contribution in [0.5, 0.6) is 0 Å². The van der Waals surface area contributed by atoms with Gasteiger partial charge in [-0.2, -0.15) is 0 Å². The van der Waals surface area contributed by atoms with Gasteiger partial charge < -0.3 is 20.6 Å². The van der Waals surface area contributed by atoms with Gasteiger partial charge in [0.1, 0.15) is 22.9 Å². The Labute approximate surface area is 211 Å². The third-order valence-electron chi connectivity index (χ3n) is 7.26. The number of hydrogen-bond donors (Lipinski definition) is 3. The van der Waals surface area contributed by atoms with Crippen molar-refractivity contribution in [3.05, 3.63) is 96.5 Å². The lowest BCUT2D eigenvalue weighted by molar-refractivity contribution is 0.0966. The van der Waals surface area contributed by atoms with E-state index in [2.05, 4.69) is 20.6 Å². The number of halogens is 1. The largest absolute Gasteiger partial charge is 0.381 e. The zero-order valence-corrected chi connectivity index (χ0v) is 19.7. The number of aromatic nitrogens is 3. The molecule has 5 heterocycles. The molecule has 1 fully saturated rings. The number of imidazole rings is 1. The summed E-state index contributed by atoms with van der Waals surface area (Å²) in [5.74, 6) is 0.399. The first-order valence-corrected chi connectivity index (χ1v) is 12.2. The second-order valence-electron chi connectivity index (χ2n) is 9.64. The maximum absolute atomic E-state index is 13.6. The van der Waals surface area contributed by atoms with Gasteiger partial charge >= 0.3 is 0 Å². The van der Waals surface area contributed by atoms with Crippen LogP contribution >= 0.6 is 0 Å². The zero-order chi connectivity index (χ0) is 25.1. The van der Waals surface area contributed by atoms with Gasteiger partial charge in [0.05, 0.1) is 35.0 Å². The Morgan fingerprint density at radius 1 is 1.08 bits per heavy atom. The molecule has 0 bridgehead atoms. The van der Waals surface area contributed by atoms with Crippen molar-refractivity contribution in [1.82, 2.24) is 19.7 Å². The van der Waals surface area contributed by atoms with Gasteiger partial charge in [-0.05, 0) is 60.7 Å². The molecular weight excluding hydrogens is 471 g/mol. The molecule has 1 aromatic carbocycles. The fourth-order valence-corrected chi connectivity index (χ4v) is 5.09. The summed E-state index contributed by atoms with van der Waals surface area (Å²) in [7, 11) is 0. The molecule has 37 heavy (non-hydrogen) atoms. The molecule has 3 aliphatic rings. The standard InChI is InChI=1S/C28H23FN6O2/c29-18-7-10-35-23(16-31-25(35)13-18)20-4-5-22(26-21(20)15-32-27(26)36)33-24-6-3-19(14-30-24)34-11-8-28(37,9-12-34)17-1-2-17/h3-14,16-17,37H,1-2,15H2,(H,30,33)(H,32,36). The Hall–Kier alpha value is -4.50. The second kappa shape index (κ2) is 8.01. The molecule has 3 aromatic heterocycles. The molecule has 0 radical (unpaired) electrons. The molecule has 7 rings (SSSR count). The van der Waals surface area contributed by atoms with Crippen LogP contribution in [0.15, 0.2) is 79.5 Å². The maximum atomic E-state index is 13.6. The van der Waals surface area contributed by atoms with Gasteiger partial charge in [0.2, 0.25) is 0 Å². The number of carbonyl (C=O) groups excluding carboxylic acids is 1. The van der Waals surface area contributed by atoms with E-state index in [1.165, 1.54) is 12.1 Å². The van der Waals surface area contributed by atoms with Crippen molar-refractivity contribution in [3.8, 4) is 11.3 Å². The SMILES string of the molecule is O=C1NCc2c(-c3cnc4cc(F)ccn34)ccc(Nc3ccc(N4C=CC(O)(C5CC5)C=C4)cn3)c21. The molecule has 0 spiro atoms. The Balaban J connectivity index is 1.16. The predicted octanol–water partition coefficient (Wildman–Crippen LogP) is 4.51. The van der Waals surface area contributed by atoms with E-state index in [9.17, 15) is 14.3 Å². The van der Waals surface area contributed by atoms with Crippen molar-refractivity contribution in [1.29, 1.82) is 0 Å². The number of pyridine rings is 2. The van der Waals surface area contributed by atoms with Gasteiger partial charge in [-0.1, -0.05) is 6.07 Å². The number of aliphatic hydroxyl groups is 1. The van der Waals surface area contributed by atoms with E-state index in [0.29, 0.717) is 35.2 Å². The normalized spacial score (nSPS) is 17.8. The molecule has 4 aromatic rings. The molecular formula is C28H23FN6O2. The summed E-state index contributed by atoms with van der Waals surface area (Å²) < 4.78 is 15.4. The molecule has 8 nitrogen and oxygen atoms in total. The number of carbonyl (C=O) groups is 1. The van der Waals surface area contributed by atoms with Crippen molar-refractivity contribution >= 4 is 28.7 Å². The van der Waals surface area contributed by atoms with Crippen molar-refractivity contribution in [3.63, 3.8) is 0 Å². The van der Waals surface area contributed by atoms with Crippen molar-refractivity contribution in [2.75, 3.05) is 10.2 Å². The van der Waals surface area contributed by atoms with Gasteiger partial charge in [-0.3, -0.25) is 9.20 Å². The Bertz CT molecular complexity index is 1610. The van der Waals surface area contributed by atoms with E-state index in [4.69, 9.17) is 0 Å². The highest BCUT2D eigenvalue weighted by molar-refractivity contribution is 6.06. The van der Waals surface area contributed by atoms with Crippen LogP contribution in [-0.2, 0) is 6.54 Å². The van der Waals surface area contributed by atoms with Crippen LogP contribution in [0.4, 0.5) is 21.6 Å². The topological polar surface area (TPSA) is 94.8 Å². The Morgan fingerprint density at radius 3 is 2.68 bits per heavy atom. The average molecular weight is 495 g/mol. The first kappa shape index (κ1) is 21.8. The van der Waals surface area contributed by atoms with Crippen molar-refractivity contribution in [2.24, 2.45) is 5.92 Å². The molecule has 9 heteroatoms. The van der Waals surface area contributed by atoms with Crippen LogP contribution in [0.1, 0.15) is 28.8 Å². The quantitative estimate of drug-likeness (QED) is 0.378. The van der Waals surface area contributed by atoms with E-state index >= 15 is 0 Å². The minimum absolute atomic E-state index is 0.164. The lowest BCUT2D eigenvalue weighted by atomic mass is 9.96. The highest BCUT2D eigenvalue weighted by Crippen LogP contribution is 2.43. The molecule has 184 valence electrons. The van der Waals surface area contributed by atoms with E-state index in [-0.39, 0.29) is 11.7 Å². The van der Waals surface area contributed by atoms with Crippen LogP contribution in [0.3, 0.4) is 0 Å². The van der Waals surface area contributed by atoms with Gasteiger partial charge in [0, 0.05) is 36.8 Å². The number of fused-ring (bicyclic) bond motifs is 2. The second-order valence-corrected chi connectivity index (χ2v) is 9.64. The predicted molar refractivity (Wildman–Crippen MR) is 138 cm³/mol. The van der Waals surface area contributed by atoms with E-state index in [0.717, 1.165) is 35.3 Å². The lowest BCUT2D eigenvalue weighted by Crippen LogP contribution is -2.30. The minimum Gasteiger partial charge on any atom is -0.381 e. The van der Waals surface area contributed by atoms with Gasteiger partial charge in [0.15, 0.2) is 0 Å². The van der Waals surface area contributed by atoms with Crippen LogP contribution in [0.2, 0.25) is 0 Å². The third kappa shape index (κ3) is 3.66. The molecule has 0 unspecified atom stereocenters. The molecule has 3 N–H and O–H groups in total. The number of nitrogens with zero attached hydrogens (tertiary/aromatic N) is 4. The van der Waals surface area contributed by atoms with Crippen molar-refractivity contribution in [2.45, 2.75) is 25.0 Å². The number of amides is 1. The number of nitrogens with one attached hydrogen (secondary N) is 2. The number of benzene rings is 1. The average Bonchev–Trinajstić information content (AvgIpc) is 3.60. The van der Waals surface area contributed by atoms with Crippen LogP contribution in [0.25, 0.3) is 16.9 Å². The number of anilines is 3. The molecule has 1 amide bonds. The Morgan fingerprint density at radius 2 is 1.92 bits per heavy atom. The smallest absolute Gasteiger partial charge is 0.254 e. The summed E-state index contributed by atoms with van der Waals surface area (Å²) in [5.41, 5.74) is 4.22. The van der Waals surface area contributed by atoms with E-state index < -0.39 is 5.60 Å². The van der Waals surface area contributed by atoms with Crippen LogP contribution in [-0.4, -0.2) is 31.0 Å². The lowest BCUT2D eigenvalue weighted by Gasteiger charge is -2.28. The monoisotopic (exact) mass is 494 g/mol. The van der Waals surface area contributed by atoms with Gasteiger partial charge in [-0.15, -0.1) is 0 Å². The first-order valence-electron chi connectivity index (χ1n) is 12.2. The highest BCUT2D eigenvalue weighted by Gasteiger charge is 2.41. The molecule has 0 saturated heterocycles. The summed E-state index contributed by atoms with van der Waals surface area (Å²) in [6.45, 7) is 0.390.